The number of alkyl halides is 4. The third-order valence-corrected chi connectivity index (χ3v) is 3.45. The topological polar surface area (TPSA) is 9.23 Å². The van der Waals surface area contributed by atoms with Crippen molar-refractivity contribution < 1.29 is 17.9 Å². The van der Waals surface area contributed by atoms with Crippen molar-refractivity contribution in [1.29, 1.82) is 0 Å². The van der Waals surface area contributed by atoms with E-state index in [1.807, 2.05) is 0 Å². The summed E-state index contributed by atoms with van der Waals surface area (Å²) in [4.78, 5) is 0.0590. The Morgan fingerprint density at radius 2 is 2.06 bits per heavy atom. The second kappa shape index (κ2) is 6.94. The van der Waals surface area contributed by atoms with E-state index in [1.165, 1.54) is 18.2 Å². The smallest absolute Gasteiger partial charge is 0.446 e. The van der Waals surface area contributed by atoms with Crippen LogP contribution in [0.4, 0.5) is 13.2 Å². The van der Waals surface area contributed by atoms with Crippen molar-refractivity contribution in [2.75, 3.05) is 11.0 Å². The van der Waals surface area contributed by atoms with Gasteiger partial charge in [0.05, 0.1) is 11.6 Å². The number of halogens is 5. The number of thioether (sulfide) groups is 1. The molecule has 0 aliphatic rings. The van der Waals surface area contributed by atoms with Crippen LogP contribution in [0.15, 0.2) is 23.1 Å². The zero-order valence-electron chi connectivity index (χ0n) is 8.56. The average molecular weight is 397 g/mol. The molecule has 1 aromatic carbocycles. The molecule has 1 aromatic rings. The molecule has 0 aliphatic carbocycles. The molecule has 1 nitrogen and oxygen atoms in total. The second-order valence-electron chi connectivity index (χ2n) is 3.03. The summed E-state index contributed by atoms with van der Waals surface area (Å²) in [5.41, 5.74) is -4.30. The van der Waals surface area contributed by atoms with E-state index in [1.54, 1.807) is 0 Å². The van der Waals surface area contributed by atoms with Crippen molar-refractivity contribution >= 4 is 46.0 Å². The summed E-state index contributed by atoms with van der Waals surface area (Å²) >= 11 is 7.86. The van der Waals surface area contributed by atoms with E-state index < -0.39 is 5.51 Å². The number of hydrogen-bond acceptors (Lipinski definition) is 2. The largest absolute Gasteiger partial charge is 0.492 e. The summed E-state index contributed by atoms with van der Waals surface area (Å²) in [6.45, 7) is 0.508. The second-order valence-corrected chi connectivity index (χ2v) is 5.66. The van der Waals surface area contributed by atoms with Gasteiger partial charge in [-0.3, -0.25) is 0 Å². The molecule has 0 saturated heterocycles. The summed E-state index contributed by atoms with van der Waals surface area (Å²) in [6, 6.07) is 4.08. The van der Waals surface area contributed by atoms with Crippen LogP contribution in [0.1, 0.15) is 6.42 Å². The highest BCUT2D eigenvalue weighted by molar-refractivity contribution is 14.1. The van der Waals surface area contributed by atoms with E-state index >= 15 is 0 Å². The molecular weight excluding hydrogens is 388 g/mol. The van der Waals surface area contributed by atoms with Crippen LogP contribution in [0, 0.1) is 0 Å². The van der Waals surface area contributed by atoms with Crippen LogP contribution in [-0.4, -0.2) is 16.5 Å². The van der Waals surface area contributed by atoms with Crippen molar-refractivity contribution in [1.82, 2.24) is 0 Å². The van der Waals surface area contributed by atoms with Crippen LogP contribution < -0.4 is 4.74 Å². The first-order valence-electron chi connectivity index (χ1n) is 4.66. The minimum Gasteiger partial charge on any atom is -0.492 e. The Morgan fingerprint density at radius 3 is 2.59 bits per heavy atom. The average Bonchev–Trinajstić information content (AvgIpc) is 2.19. The monoisotopic (exact) mass is 396 g/mol. The van der Waals surface area contributed by atoms with Gasteiger partial charge in [-0.2, -0.15) is 13.2 Å². The molecule has 0 fully saturated rings. The lowest BCUT2D eigenvalue weighted by Crippen LogP contribution is -2.00. The van der Waals surface area contributed by atoms with E-state index in [2.05, 4.69) is 22.6 Å². The van der Waals surface area contributed by atoms with Gasteiger partial charge in [-0.15, -0.1) is 0 Å². The van der Waals surface area contributed by atoms with Crippen molar-refractivity contribution in [3.8, 4) is 5.75 Å². The normalized spacial score (nSPS) is 11.6. The van der Waals surface area contributed by atoms with Crippen LogP contribution in [-0.2, 0) is 0 Å². The zero-order valence-corrected chi connectivity index (χ0v) is 12.3. The molecule has 96 valence electrons. The van der Waals surface area contributed by atoms with Crippen LogP contribution in [0.5, 0.6) is 5.75 Å². The maximum atomic E-state index is 12.1. The molecule has 0 heterocycles. The number of hydrogen-bond donors (Lipinski definition) is 0. The molecule has 17 heavy (non-hydrogen) atoms. The fraction of sp³-hybridized carbons (Fsp3) is 0.400. The number of rotatable bonds is 5. The fourth-order valence-corrected chi connectivity index (χ4v) is 2.22. The predicted molar refractivity (Wildman–Crippen MR) is 72.4 cm³/mol. The van der Waals surface area contributed by atoms with Gasteiger partial charge in [0, 0.05) is 9.32 Å². The molecular formula is C10H9ClF3IOS. The summed E-state index contributed by atoms with van der Waals surface area (Å²) < 4.78 is 42.6. The van der Waals surface area contributed by atoms with Crippen molar-refractivity contribution in [3.63, 3.8) is 0 Å². The highest BCUT2D eigenvalue weighted by atomic mass is 127. The Bertz CT molecular complexity index is 373. The van der Waals surface area contributed by atoms with Crippen LogP contribution in [0.3, 0.4) is 0 Å². The molecule has 0 radical (unpaired) electrons. The van der Waals surface area contributed by atoms with Gasteiger partial charge >= 0.3 is 5.51 Å². The maximum absolute atomic E-state index is 12.1. The fourth-order valence-electron chi connectivity index (χ4n) is 1.03. The Labute approximate surface area is 120 Å². The molecule has 0 unspecified atom stereocenters. The lowest BCUT2D eigenvalue weighted by molar-refractivity contribution is -0.0328. The van der Waals surface area contributed by atoms with Gasteiger partial charge in [-0.05, 0) is 36.4 Å². The molecule has 0 saturated carbocycles. The van der Waals surface area contributed by atoms with E-state index in [-0.39, 0.29) is 21.7 Å². The molecule has 0 amide bonds. The highest BCUT2D eigenvalue weighted by Crippen LogP contribution is 2.39. The summed E-state index contributed by atoms with van der Waals surface area (Å²) in [6.07, 6.45) is 0.871. The van der Waals surface area contributed by atoms with Crippen molar-refractivity contribution in [2.45, 2.75) is 16.8 Å². The molecule has 0 spiro atoms. The van der Waals surface area contributed by atoms with Gasteiger partial charge in [-0.1, -0.05) is 34.2 Å². The van der Waals surface area contributed by atoms with Crippen LogP contribution in [0.25, 0.3) is 0 Å². The zero-order chi connectivity index (χ0) is 12.9. The number of benzene rings is 1. The van der Waals surface area contributed by atoms with E-state index in [9.17, 15) is 13.2 Å². The van der Waals surface area contributed by atoms with Crippen LogP contribution >= 0.6 is 46.0 Å². The molecule has 0 aromatic heterocycles. The Balaban J connectivity index is 2.66. The Kier molecular flexibility index (Phi) is 6.22. The minimum absolute atomic E-state index is 0.0590. The van der Waals surface area contributed by atoms with Crippen LogP contribution in [0.2, 0.25) is 5.02 Å². The summed E-state index contributed by atoms with van der Waals surface area (Å²) in [5.74, 6) is 0.419. The molecule has 0 bridgehead atoms. The van der Waals surface area contributed by atoms with Crippen molar-refractivity contribution in [3.05, 3.63) is 23.2 Å². The van der Waals surface area contributed by atoms with Gasteiger partial charge in [0.2, 0.25) is 0 Å². The van der Waals surface area contributed by atoms with E-state index in [0.717, 1.165) is 10.8 Å². The highest BCUT2D eigenvalue weighted by Gasteiger charge is 2.29. The number of ether oxygens (including phenoxy) is 1. The lowest BCUT2D eigenvalue weighted by atomic mass is 10.3. The quantitative estimate of drug-likeness (QED) is 0.294. The molecule has 7 heteroatoms. The van der Waals surface area contributed by atoms with Gasteiger partial charge in [0.25, 0.3) is 0 Å². The minimum atomic E-state index is -4.30. The summed E-state index contributed by atoms with van der Waals surface area (Å²) in [5, 5.41) is 0.202. The van der Waals surface area contributed by atoms with Gasteiger partial charge < -0.3 is 4.74 Å². The third-order valence-electron chi connectivity index (χ3n) is 1.67. The maximum Gasteiger partial charge on any atom is 0.446 e. The first kappa shape index (κ1) is 15.2. The van der Waals surface area contributed by atoms with E-state index in [0.29, 0.717) is 12.4 Å². The molecule has 1 rings (SSSR count). The Hall–Kier alpha value is 0.180. The predicted octanol–water partition coefficient (Wildman–Crippen LogP) is 5.16. The summed E-state index contributed by atoms with van der Waals surface area (Å²) in [7, 11) is 0. The van der Waals surface area contributed by atoms with Gasteiger partial charge in [-0.25, -0.2) is 0 Å². The molecule has 0 atom stereocenters. The molecule has 0 aliphatic heterocycles. The first-order chi connectivity index (χ1) is 7.92. The van der Waals surface area contributed by atoms with Gasteiger partial charge in [0.1, 0.15) is 5.75 Å². The van der Waals surface area contributed by atoms with Gasteiger partial charge in [0.15, 0.2) is 0 Å². The Morgan fingerprint density at radius 1 is 1.35 bits per heavy atom. The SMILES string of the molecule is FC(F)(F)Sc1ccc(OCCCI)c(Cl)c1. The first-order valence-corrected chi connectivity index (χ1v) is 7.38. The van der Waals surface area contributed by atoms with Crippen molar-refractivity contribution in [2.24, 2.45) is 0 Å². The lowest BCUT2D eigenvalue weighted by Gasteiger charge is -2.09. The third kappa shape index (κ3) is 6.05. The molecule has 0 N–H and O–H groups in total. The standard InChI is InChI=1S/C10H9ClF3IOS/c11-8-6-7(17-10(12,13)14)2-3-9(8)16-5-1-4-15/h2-3,6H,1,4-5H2. The van der Waals surface area contributed by atoms with E-state index in [4.69, 9.17) is 16.3 Å².